The van der Waals surface area contributed by atoms with E-state index in [-0.39, 0.29) is 17.3 Å². The zero-order valence-corrected chi connectivity index (χ0v) is 21.0. The van der Waals surface area contributed by atoms with Gasteiger partial charge in [-0.05, 0) is 67.7 Å². The van der Waals surface area contributed by atoms with Crippen molar-refractivity contribution in [1.82, 2.24) is 10.2 Å². The van der Waals surface area contributed by atoms with Gasteiger partial charge in [-0.1, -0.05) is 67.1 Å². The molecule has 1 aliphatic rings. The lowest BCUT2D eigenvalue weighted by Gasteiger charge is -2.26. The molecular weight excluding hydrogens is 458 g/mol. The number of rotatable bonds is 9. The highest BCUT2D eigenvalue weighted by atomic mass is 32.2. The Labute approximate surface area is 208 Å². The molecule has 0 aromatic heterocycles. The summed E-state index contributed by atoms with van der Waals surface area (Å²) in [6.45, 7) is 5.15. The van der Waals surface area contributed by atoms with E-state index in [1.165, 1.54) is 29.1 Å². The molecule has 1 saturated heterocycles. The summed E-state index contributed by atoms with van der Waals surface area (Å²) >= 11 is 0. The number of likely N-dealkylation sites (tertiary alicyclic amines) is 1. The molecule has 1 N–H and O–H groups in total. The Balaban J connectivity index is 1.42. The Morgan fingerprint density at radius 1 is 0.857 bits per heavy atom. The highest BCUT2D eigenvalue weighted by Crippen LogP contribution is 2.26. The third-order valence-corrected chi connectivity index (χ3v) is 8.14. The Hall–Kier alpha value is -3.16. The first kappa shape index (κ1) is 24.9. The van der Waals surface area contributed by atoms with E-state index < -0.39 is 10.0 Å². The maximum Gasteiger partial charge on any atom is 0.264 e. The molecule has 35 heavy (non-hydrogen) atoms. The zero-order valence-electron chi connectivity index (χ0n) is 20.2. The molecule has 0 spiro atoms. The minimum atomic E-state index is -3.91. The van der Waals surface area contributed by atoms with Gasteiger partial charge in [0.15, 0.2) is 0 Å². The van der Waals surface area contributed by atoms with E-state index in [2.05, 4.69) is 22.3 Å². The van der Waals surface area contributed by atoms with Crippen molar-refractivity contribution in [2.75, 3.05) is 23.9 Å². The molecule has 0 saturated carbocycles. The first-order chi connectivity index (χ1) is 16.9. The van der Waals surface area contributed by atoms with Crippen molar-refractivity contribution in [3.8, 4) is 0 Å². The number of piperidine rings is 1. The number of hydrogen-bond donors (Lipinski definition) is 1. The average Bonchev–Trinajstić information content (AvgIpc) is 2.88. The van der Waals surface area contributed by atoms with Crippen LogP contribution in [0.4, 0.5) is 5.69 Å². The van der Waals surface area contributed by atoms with Crippen molar-refractivity contribution in [3.63, 3.8) is 0 Å². The molecule has 184 valence electrons. The summed E-state index contributed by atoms with van der Waals surface area (Å²) in [5.41, 5.74) is 3.52. The molecule has 1 heterocycles. The molecule has 7 heteroatoms. The Morgan fingerprint density at radius 2 is 1.49 bits per heavy atom. The largest absolute Gasteiger partial charge is 0.350 e. The van der Waals surface area contributed by atoms with Gasteiger partial charge in [-0.3, -0.25) is 14.0 Å². The minimum absolute atomic E-state index is 0.153. The van der Waals surface area contributed by atoms with Gasteiger partial charge in [0.2, 0.25) is 5.91 Å². The third-order valence-electron chi connectivity index (χ3n) is 6.37. The number of amides is 1. The van der Waals surface area contributed by atoms with Crippen LogP contribution in [0.5, 0.6) is 0 Å². The molecule has 0 bridgehead atoms. The second kappa shape index (κ2) is 11.5. The van der Waals surface area contributed by atoms with Gasteiger partial charge in [0.05, 0.1) is 10.6 Å². The van der Waals surface area contributed by atoms with E-state index in [9.17, 15) is 13.2 Å². The number of aryl methyl sites for hydroxylation is 1. The van der Waals surface area contributed by atoms with E-state index in [4.69, 9.17) is 0 Å². The van der Waals surface area contributed by atoms with Gasteiger partial charge >= 0.3 is 0 Å². The average molecular weight is 492 g/mol. The van der Waals surface area contributed by atoms with E-state index in [0.29, 0.717) is 12.2 Å². The fourth-order valence-corrected chi connectivity index (χ4v) is 5.89. The molecule has 3 aromatic carbocycles. The molecule has 0 aliphatic carbocycles. The number of para-hydroxylation sites is 1. The number of benzene rings is 3. The molecule has 0 atom stereocenters. The summed E-state index contributed by atoms with van der Waals surface area (Å²) in [5.74, 6) is -0.356. The predicted octanol–water partition coefficient (Wildman–Crippen LogP) is 4.49. The topological polar surface area (TPSA) is 69.7 Å². The van der Waals surface area contributed by atoms with Crippen molar-refractivity contribution < 1.29 is 13.2 Å². The minimum Gasteiger partial charge on any atom is -0.350 e. The summed E-state index contributed by atoms with van der Waals surface area (Å²) in [4.78, 5) is 15.5. The number of nitrogens with zero attached hydrogens (tertiary/aromatic N) is 2. The molecule has 1 amide bonds. The first-order valence-corrected chi connectivity index (χ1v) is 13.6. The van der Waals surface area contributed by atoms with Gasteiger partial charge < -0.3 is 5.32 Å². The second-order valence-electron chi connectivity index (χ2n) is 9.04. The number of sulfonamides is 1. The van der Waals surface area contributed by atoms with Crippen LogP contribution in [0.1, 0.15) is 36.0 Å². The van der Waals surface area contributed by atoms with Crippen LogP contribution in [0.25, 0.3) is 0 Å². The van der Waals surface area contributed by atoms with Crippen LogP contribution in [-0.2, 0) is 27.9 Å². The van der Waals surface area contributed by atoms with Crippen molar-refractivity contribution >= 4 is 21.6 Å². The molecule has 0 unspecified atom stereocenters. The summed E-state index contributed by atoms with van der Waals surface area (Å²) in [7, 11) is -3.91. The highest BCUT2D eigenvalue weighted by molar-refractivity contribution is 7.92. The van der Waals surface area contributed by atoms with Crippen LogP contribution in [-0.4, -0.2) is 38.9 Å². The van der Waals surface area contributed by atoms with Crippen molar-refractivity contribution in [1.29, 1.82) is 0 Å². The van der Waals surface area contributed by atoms with E-state index in [1.807, 2.05) is 31.2 Å². The monoisotopic (exact) mass is 491 g/mol. The van der Waals surface area contributed by atoms with Gasteiger partial charge in [0.1, 0.15) is 6.54 Å². The third kappa shape index (κ3) is 6.50. The summed E-state index contributed by atoms with van der Waals surface area (Å²) in [6, 6.07) is 23.7. The van der Waals surface area contributed by atoms with E-state index in [0.717, 1.165) is 30.8 Å². The maximum atomic E-state index is 13.4. The van der Waals surface area contributed by atoms with Crippen LogP contribution in [0.15, 0.2) is 83.8 Å². The SMILES string of the molecule is Cc1ccccc1N(CC(=O)NCc1ccc(CN2CCCCC2)cc1)S(=O)(=O)c1ccccc1. The van der Waals surface area contributed by atoms with Crippen molar-refractivity contribution in [2.45, 2.75) is 44.2 Å². The molecule has 4 rings (SSSR count). The van der Waals surface area contributed by atoms with Gasteiger partial charge in [-0.15, -0.1) is 0 Å². The normalized spacial score (nSPS) is 14.4. The molecule has 6 nitrogen and oxygen atoms in total. The van der Waals surface area contributed by atoms with Crippen molar-refractivity contribution in [3.05, 3.63) is 95.6 Å². The fraction of sp³-hybridized carbons (Fsp3) is 0.321. The fourth-order valence-electron chi connectivity index (χ4n) is 4.39. The quantitative estimate of drug-likeness (QED) is 0.479. The molecule has 3 aromatic rings. The second-order valence-corrected chi connectivity index (χ2v) is 10.9. The number of carbonyl (C=O) groups excluding carboxylic acids is 1. The smallest absolute Gasteiger partial charge is 0.264 e. The summed E-state index contributed by atoms with van der Waals surface area (Å²) in [6.07, 6.45) is 3.86. The number of hydrogen-bond acceptors (Lipinski definition) is 4. The van der Waals surface area contributed by atoms with Crippen LogP contribution in [0.2, 0.25) is 0 Å². The Kier molecular flexibility index (Phi) is 8.21. The van der Waals surface area contributed by atoms with E-state index in [1.54, 1.807) is 42.5 Å². The van der Waals surface area contributed by atoms with Gasteiger partial charge in [-0.25, -0.2) is 8.42 Å². The molecule has 1 fully saturated rings. The van der Waals surface area contributed by atoms with Crippen LogP contribution < -0.4 is 9.62 Å². The van der Waals surface area contributed by atoms with Gasteiger partial charge in [-0.2, -0.15) is 0 Å². The van der Waals surface area contributed by atoms with Gasteiger partial charge in [0.25, 0.3) is 10.0 Å². The molecule has 1 aliphatic heterocycles. The number of anilines is 1. The zero-order chi connectivity index (χ0) is 24.7. The standard InChI is InChI=1S/C28H33N3O3S/c1-23-10-6-7-13-27(23)31(35(33,34)26-11-4-2-5-12-26)22-28(32)29-20-24-14-16-25(17-15-24)21-30-18-8-3-9-19-30/h2,4-7,10-17H,3,8-9,18-22H2,1H3,(H,29,32). The summed E-state index contributed by atoms with van der Waals surface area (Å²) < 4.78 is 28.1. The predicted molar refractivity (Wildman–Crippen MR) is 140 cm³/mol. The van der Waals surface area contributed by atoms with Crippen LogP contribution in [0, 0.1) is 6.92 Å². The summed E-state index contributed by atoms with van der Waals surface area (Å²) in [5, 5.41) is 2.89. The number of nitrogens with one attached hydrogen (secondary N) is 1. The lowest BCUT2D eigenvalue weighted by molar-refractivity contribution is -0.119. The van der Waals surface area contributed by atoms with Crippen LogP contribution >= 0.6 is 0 Å². The Bertz CT molecular complexity index is 1220. The lowest BCUT2D eigenvalue weighted by Crippen LogP contribution is -2.41. The first-order valence-electron chi connectivity index (χ1n) is 12.1. The van der Waals surface area contributed by atoms with Crippen LogP contribution in [0.3, 0.4) is 0 Å². The van der Waals surface area contributed by atoms with E-state index >= 15 is 0 Å². The van der Waals surface area contributed by atoms with Gasteiger partial charge in [0, 0.05) is 13.1 Å². The molecule has 0 radical (unpaired) electrons. The highest BCUT2D eigenvalue weighted by Gasteiger charge is 2.28. The molecular formula is C28H33N3O3S. The lowest BCUT2D eigenvalue weighted by atomic mass is 10.1. The van der Waals surface area contributed by atoms with Crippen molar-refractivity contribution in [2.24, 2.45) is 0 Å². The maximum absolute atomic E-state index is 13.4. The number of carbonyl (C=O) groups is 1. The Morgan fingerprint density at radius 3 is 2.17 bits per heavy atom.